The molecule has 0 saturated heterocycles. The molecule has 1 fully saturated rings. The number of carbonyl (C=O) groups is 2. The standard InChI is InChI=1S/C17H19FN4O3/c18-13-6-4-5-12(9-13)10-22-11-14(20-21-22)15(23)19-17(16(24)25)7-2-1-3-8-17/h4-6,9,11H,1-3,7-8,10H2,(H,19,23)(H,24,25). The van der Waals surface area contributed by atoms with E-state index in [0.29, 0.717) is 18.4 Å². The van der Waals surface area contributed by atoms with Crippen molar-refractivity contribution in [3.8, 4) is 0 Å². The van der Waals surface area contributed by atoms with Crippen molar-refractivity contribution < 1.29 is 19.1 Å². The Bertz CT molecular complexity index is 784. The number of carboxylic acids is 1. The summed E-state index contributed by atoms with van der Waals surface area (Å²) in [6.45, 7) is 0.266. The van der Waals surface area contributed by atoms with E-state index in [1.165, 1.54) is 23.0 Å². The molecule has 0 aliphatic heterocycles. The third-order valence-electron chi connectivity index (χ3n) is 4.47. The molecule has 2 aromatic rings. The highest BCUT2D eigenvalue weighted by atomic mass is 19.1. The van der Waals surface area contributed by atoms with Gasteiger partial charge in [0.05, 0.1) is 12.7 Å². The average molecular weight is 346 g/mol. The first-order valence-corrected chi connectivity index (χ1v) is 8.19. The number of carboxylic acid groups (broad SMARTS) is 1. The molecular formula is C17H19FN4O3. The number of aliphatic carboxylic acids is 1. The fraction of sp³-hybridized carbons (Fsp3) is 0.412. The summed E-state index contributed by atoms with van der Waals surface area (Å²) in [7, 11) is 0. The molecule has 2 N–H and O–H groups in total. The van der Waals surface area contributed by atoms with Gasteiger partial charge >= 0.3 is 5.97 Å². The second kappa shape index (κ2) is 7.00. The lowest BCUT2D eigenvalue weighted by molar-refractivity contribution is -0.145. The van der Waals surface area contributed by atoms with Gasteiger partial charge in [-0.2, -0.15) is 0 Å². The van der Waals surface area contributed by atoms with E-state index in [2.05, 4.69) is 15.6 Å². The van der Waals surface area contributed by atoms with Gasteiger partial charge in [-0.25, -0.2) is 13.9 Å². The highest BCUT2D eigenvalue weighted by Crippen LogP contribution is 2.28. The molecule has 1 amide bonds. The average Bonchev–Trinajstić information content (AvgIpc) is 3.04. The summed E-state index contributed by atoms with van der Waals surface area (Å²) in [6.07, 6.45) is 4.74. The van der Waals surface area contributed by atoms with Gasteiger partial charge in [-0.15, -0.1) is 5.10 Å². The van der Waals surface area contributed by atoms with Crippen LogP contribution in [0.4, 0.5) is 4.39 Å². The maximum absolute atomic E-state index is 13.2. The third kappa shape index (κ3) is 3.84. The van der Waals surface area contributed by atoms with Crippen LogP contribution in [-0.4, -0.2) is 37.5 Å². The summed E-state index contributed by atoms with van der Waals surface area (Å²) in [5.74, 6) is -1.93. The van der Waals surface area contributed by atoms with Gasteiger partial charge in [0, 0.05) is 0 Å². The molecule has 0 bridgehead atoms. The molecule has 1 heterocycles. The van der Waals surface area contributed by atoms with Gasteiger partial charge in [0.2, 0.25) is 0 Å². The van der Waals surface area contributed by atoms with Crippen molar-refractivity contribution in [2.24, 2.45) is 0 Å². The van der Waals surface area contributed by atoms with E-state index >= 15 is 0 Å². The zero-order chi connectivity index (χ0) is 17.9. The van der Waals surface area contributed by atoms with Crippen molar-refractivity contribution in [2.75, 3.05) is 0 Å². The lowest BCUT2D eigenvalue weighted by Crippen LogP contribution is -2.55. The molecule has 3 rings (SSSR count). The number of carbonyl (C=O) groups excluding carboxylic acids is 1. The summed E-state index contributed by atoms with van der Waals surface area (Å²) in [4.78, 5) is 24.0. The SMILES string of the molecule is O=C(NC1(C(=O)O)CCCCC1)c1cn(Cc2cccc(F)c2)nn1. The van der Waals surface area contributed by atoms with Crippen LogP contribution < -0.4 is 5.32 Å². The first kappa shape index (κ1) is 17.1. The van der Waals surface area contributed by atoms with Crippen molar-refractivity contribution in [2.45, 2.75) is 44.2 Å². The van der Waals surface area contributed by atoms with Crippen LogP contribution in [0.3, 0.4) is 0 Å². The highest BCUT2D eigenvalue weighted by molar-refractivity contribution is 5.96. The predicted molar refractivity (Wildman–Crippen MR) is 86.4 cm³/mol. The van der Waals surface area contributed by atoms with Gasteiger partial charge in [0.15, 0.2) is 5.69 Å². The van der Waals surface area contributed by atoms with E-state index < -0.39 is 17.4 Å². The normalized spacial score (nSPS) is 16.4. The molecule has 132 valence electrons. The Hall–Kier alpha value is -2.77. The van der Waals surface area contributed by atoms with Crippen molar-refractivity contribution in [3.05, 3.63) is 47.5 Å². The first-order chi connectivity index (χ1) is 12.0. The maximum Gasteiger partial charge on any atom is 0.329 e. The van der Waals surface area contributed by atoms with Crippen LogP contribution in [-0.2, 0) is 11.3 Å². The number of hydrogen-bond donors (Lipinski definition) is 2. The van der Waals surface area contributed by atoms with E-state index in [1.807, 2.05) is 0 Å². The minimum atomic E-state index is -1.23. The van der Waals surface area contributed by atoms with Crippen LogP contribution in [0.2, 0.25) is 0 Å². The van der Waals surface area contributed by atoms with E-state index in [1.54, 1.807) is 12.1 Å². The predicted octanol–water partition coefficient (Wildman–Crippen LogP) is 1.98. The molecule has 25 heavy (non-hydrogen) atoms. The molecule has 0 unspecified atom stereocenters. The zero-order valence-corrected chi connectivity index (χ0v) is 13.6. The molecule has 1 aliphatic rings. The van der Waals surface area contributed by atoms with E-state index in [-0.39, 0.29) is 18.1 Å². The molecule has 0 spiro atoms. The number of nitrogens with one attached hydrogen (secondary N) is 1. The summed E-state index contributed by atoms with van der Waals surface area (Å²) in [5, 5.41) is 19.8. The van der Waals surface area contributed by atoms with Crippen LogP contribution >= 0.6 is 0 Å². The highest BCUT2D eigenvalue weighted by Gasteiger charge is 2.41. The Morgan fingerprint density at radius 3 is 2.72 bits per heavy atom. The molecule has 7 nitrogen and oxygen atoms in total. The second-order valence-corrected chi connectivity index (χ2v) is 6.33. The lowest BCUT2D eigenvalue weighted by atomic mass is 9.81. The van der Waals surface area contributed by atoms with Crippen LogP contribution in [0.1, 0.15) is 48.2 Å². The smallest absolute Gasteiger partial charge is 0.329 e. The van der Waals surface area contributed by atoms with Gasteiger partial charge < -0.3 is 10.4 Å². The van der Waals surface area contributed by atoms with Crippen LogP contribution in [0, 0.1) is 5.82 Å². The van der Waals surface area contributed by atoms with E-state index in [4.69, 9.17) is 0 Å². The molecule has 8 heteroatoms. The Morgan fingerprint density at radius 1 is 1.28 bits per heavy atom. The van der Waals surface area contributed by atoms with Crippen molar-refractivity contribution in [1.82, 2.24) is 20.3 Å². The Morgan fingerprint density at radius 2 is 2.04 bits per heavy atom. The molecule has 1 aliphatic carbocycles. The molecule has 1 saturated carbocycles. The summed E-state index contributed by atoms with van der Waals surface area (Å²) in [6, 6.07) is 6.06. The van der Waals surface area contributed by atoms with Crippen molar-refractivity contribution in [3.63, 3.8) is 0 Å². The fourth-order valence-electron chi connectivity index (χ4n) is 3.13. The Labute approximate surface area is 143 Å². The molecule has 0 atom stereocenters. The van der Waals surface area contributed by atoms with Crippen LogP contribution in [0.25, 0.3) is 0 Å². The molecule has 1 aromatic carbocycles. The maximum atomic E-state index is 13.2. The van der Waals surface area contributed by atoms with Gasteiger partial charge in [-0.3, -0.25) is 4.79 Å². The Balaban J connectivity index is 1.70. The number of rotatable bonds is 5. The van der Waals surface area contributed by atoms with Crippen LogP contribution in [0.5, 0.6) is 0 Å². The number of aromatic nitrogens is 3. The summed E-state index contributed by atoms with van der Waals surface area (Å²) in [5.41, 5.74) is -0.504. The molecule has 1 aromatic heterocycles. The largest absolute Gasteiger partial charge is 0.480 e. The third-order valence-corrected chi connectivity index (χ3v) is 4.47. The number of nitrogens with zero attached hydrogens (tertiary/aromatic N) is 3. The van der Waals surface area contributed by atoms with Crippen molar-refractivity contribution in [1.29, 1.82) is 0 Å². The summed E-state index contributed by atoms with van der Waals surface area (Å²) >= 11 is 0. The zero-order valence-electron chi connectivity index (χ0n) is 13.6. The number of hydrogen-bond acceptors (Lipinski definition) is 4. The van der Waals surface area contributed by atoms with Gasteiger partial charge in [0.1, 0.15) is 11.4 Å². The lowest BCUT2D eigenvalue weighted by Gasteiger charge is -2.33. The number of benzene rings is 1. The number of amides is 1. The summed E-state index contributed by atoms with van der Waals surface area (Å²) < 4.78 is 14.6. The van der Waals surface area contributed by atoms with Gasteiger partial charge in [-0.05, 0) is 30.5 Å². The second-order valence-electron chi connectivity index (χ2n) is 6.33. The monoisotopic (exact) mass is 346 g/mol. The number of halogens is 1. The van der Waals surface area contributed by atoms with E-state index in [9.17, 15) is 19.1 Å². The topological polar surface area (TPSA) is 97.1 Å². The molecule has 0 radical (unpaired) electrons. The minimum Gasteiger partial charge on any atom is -0.480 e. The minimum absolute atomic E-state index is 0.0441. The van der Waals surface area contributed by atoms with Gasteiger partial charge in [-0.1, -0.05) is 36.6 Å². The quantitative estimate of drug-likeness (QED) is 0.863. The van der Waals surface area contributed by atoms with Crippen molar-refractivity contribution >= 4 is 11.9 Å². The first-order valence-electron chi connectivity index (χ1n) is 8.19. The van der Waals surface area contributed by atoms with Gasteiger partial charge in [0.25, 0.3) is 5.91 Å². The van der Waals surface area contributed by atoms with E-state index in [0.717, 1.165) is 19.3 Å². The Kier molecular flexibility index (Phi) is 4.78. The fourth-order valence-corrected chi connectivity index (χ4v) is 3.13. The van der Waals surface area contributed by atoms with Crippen LogP contribution in [0.15, 0.2) is 30.5 Å². The molecular weight excluding hydrogens is 327 g/mol.